The first-order chi connectivity index (χ1) is 13.6. The summed E-state index contributed by atoms with van der Waals surface area (Å²) >= 11 is 7.38. The van der Waals surface area contributed by atoms with E-state index >= 15 is 0 Å². The zero-order chi connectivity index (χ0) is 19.5. The molecule has 0 N–H and O–H groups in total. The molecule has 1 saturated heterocycles. The Labute approximate surface area is 173 Å². The zero-order valence-corrected chi connectivity index (χ0v) is 17.2. The predicted molar refractivity (Wildman–Crippen MR) is 113 cm³/mol. The van der Waals surface area contributed by atoms with Gasteiger partial charge in [0.2, 0.25) is 0 Å². The van der Waals surface area contributed by atoms with E-state index < -0.39 is 0 Å². The number of halogens is 1. The molecule has 7 heteroatoms. The number of benzene rings is 1. The van der Waals surface area contributed by atoms with E-state index in [1.54, 1.807) is 6.20 Å². The van der Waals surface area contributed by atoms with E-state index in [1.807, 2.05) is 42.2 Å². The van der Waals surface area contributed by atoms with Crippen molar-refractivity contribution in [2.75, 3.05) is 26.2 Å². The number of hydrogen-bond donors (Lipinski definition) is 0. The van der Waals surface area contributed by atoms with Crippen LogP contribution in [0.2, 0.25) is 5.02 Å². The van der Waals surface area contributed by atoms with Crippen LogP contribution in [0.4, 0.5) is 0 Å². The number of piperazine rings is 1. The summed E-state index contributed by atoms with van der Waals surface area (Å²) in [4.78, 5) is 26.9. The van der Waals surface area contributed by atoms with Gasteiger partial charge in [0.25, 0.3) is 5.91 Å². The average molecular weight is 413 g/mol. The molecule has 0 spiro atoms. The molecule has 0 atom stereocenters. The molecule has 1 amide bonds. The van der Waals surface area contributed by atoms with Crippen LogP contribution in [0.5, 0.6) is 0 Å². The Morgan fingerprint density at radius 1 is 1.11 bits per heavy atom. The van der Waals surface area contributed by atoms with Crippen LogP contribution in [0, 0.1) is 6.92 Å². The fourth-order valence-corrected chi connectivity index (χ4v) is 4.43. The molecule has 1 aromatic carbocycles. The molecule has 4 rings (SSSR count). The van der Waals surface area contributed by atoms with Gasteiger partial charge in [-0.2, -0.15) is 0 Å². The molecular formula is C21H21ClN4OS. The summed E-state index contributed by atoms with van der Waals surface area (Å²) in [5, 5.41) is 1.55. The van der Waals surface area contributed by atoms with Crippen molar-refractivity contribution in [2.45, 2.75) is 13.5 Å². The van der Waals surface area contributed by atoms with Gasteiger partial charge < -0.3 is 4.90 Å². The van der Waals surface area contributed by atoms with Gasteiger partial charge in [0.15, 0.2) is 0 Å². The lowest BCUT2D eigenvalue weighted by Crippen LogP contribution is -2.48. The van der Waals surface area contributed by atoms with Gasteiger partial charge in [-0.15, -0.1) is 11.3 Å². The van der Waals surface area contributed by atoms with Gasteiger partial charge in [-0.25, -0.2) is 4.98 Å². The van der Waals surface area contributed by atoms with Crippen LogP contribution >= 0.6 is 22.9 Å². The maximum Gasteiger partial charge on any atom is 0.265 e. The van der Waals surface area contributed by atoms with Crippen molar-refractivity contribution in [1.82, 2.24) is 19.8 Å². The number of amides is 1. The third kappa shape index (κ3) is 4.24. The monoisotopic (exact) mass is 412 g/mol. The van der Waals surface area contributed by atoms with Crippen LogP contribution in [0.15, 0.2) is 48.7 Å². The van der Waals surface area contributed by atoms with Gasteiger partial charge in [-0.1, -0.05) is 29.8 Å². The summed E-state index contributed by atoms with van der Waals surface area (Å²) in [5.74, 6) is 0.0725. The van der Waals surface area contributed by atoms with Crippen LogP contribution < -0.4 is 0 Å². The number of pyridine rings is 1. The molecule has 3 heterocycles. The third-order valence-electron chi connectivity index (χ3n) is 4.85. The SMILES string of the molecule is Cc1nc(-c2ccccn2)sc1C(=O)N1CCN(Cc2ccc(Cl)cc2)CC1. The molecule has 0 bridgehead atoms. The van der Waals surface area contributed by atoms with Gasteiger partial charge in [0.05, 0.1) is 11.4 Å². The minimum Gasteiger partial charge on any atom is -0.335 e. The number of hydrogen-bond acceptors (Lipinski definition) is 5. The minimum atomic E-state index is 0.0725. The van der Waals surface area contributed by atoms with Crippen molar-refractivity contribution in [3.63, 3.8) is 0 Å². The van der Waals surface area contributed by atoms with E-state index in [0.29, 0.717) is 4.88 Å². The molecule has 5 nitrogen and oxygen atoms in total. The van der Waals surface area contributed by atoms with Gasteiger partial charge in [-0.3, -0.25) is 14.7 Å². The summed E-state index contributed by atoms with van der Waals surface area (Å²) in [6.07, 6.45) is 1.74. The Morgan fingerprint density at radius 3 is 2.54 bits per heavy atom. The van der Waals surface area contributed by atoms with Crippen molar-refractivity contribution >= 4 is 28.8 Å². The third-order valence-corrected chi connectivity index (χ3v) is 6.27. The van der Waals surface area contributed by atoms with Gasteiger partial charge in [0.1, 0.15) is 9.88 Å². The quantitative estimate of drug-likeness (QED) is 0.646. The number of aryl methyl sites for hydroxylation is 1. The first-order valence-corrected chi connectivity index (χ1v) is 10.4. The number of carbonyl (C=O) groups excluding carboxylic acids is 1. The maximum atomic E-state index is 13.0. The van der Waals surface area contributed by atoms with Crippen molar-refractivity contribution in [1.29, 1.82) is 0 Å². The molecule has 1 aliphatic heterocycles. The molecule has 28 heavy (non-hydrogen) atoms. The lowest BCUT2D eigenvalue weighted by molar-refractivity contribution is 0.0632. The first-order valence-electron chi connectivity index (χ1n) is 9.25. The second-order valence-electron chi connectivity index (χ2n) is 6.84. The summed E-state index contributed by atoms with van der Waals surface area (Å²) in [6, 6.07) is 13.7. The van der Waals surface area contributed by atoms with Crippen LogP contribution in [0.25, 0.3) is 10.7 Å². The smallest absolute Gasteiger partial charge is 0.265 e. The van der Waals surface area contributed by atoms with Crippen molar-refractivity contribution in [3.8, 4) is 10.7 Å². The van der Waals surface area contributed by atoms with Crippen LogP contribution in [-0.4, -0.2) is 51.9 Å². The molecule has 2 aromatic heterocycles. The van der Waals surface area contributed by atoms with E-state index in [4.69, 9.17) is 11.6 Å². The average Bonchev–Trinajstić information content (AvgIpc) is 3.12. The standard InChI is InChI=1S/C21H21ClN4OS/c1-15-19(28-20(24-15)18-4-2-3-9-23-18)21(27)26-12-10-25(11-13-26)14-16-5-7-17(22)8-6-16/h2-9H,10-14H2,1H3. The Hall–Kier alpha value is -2.28. The van der Waals surface area contributed by atoms with E-state index in [-0.39, 0.29) is 5.91 Å². The highest BCUT2D eigenvalue weighted by atomic mass is 35.5. The van der Waals surface area contributed by atoms with Crippen LogP contribution in [0.1, 0.15) is 20.9 Å². The number of aromatic nitrogens is 2. The Bertz CT molecular complexity index is 950. The molecule has 3 aromatic rings. The number of carbonyl (C=O) groups is 1. The fraction of sp³-hybridized carbons (Fsp3) is 0.286. The lowest BCUT2D eigenvalue weighted by atomic mass is 10.2. The first kappa shape index (κ1) is 19.1. The molecule has 0 radical (unpaired) electrons. The lowest BCUT2D eigenvalue weighted by Gasteiger charge is -2.34. The van der Waals surface area contributed by atoms with E-state index in [1.165, 1.54) is 16.9 Å². The highest BCUT2D eigenvalue weighted by molar-refractivity contribution is 7.17. The topological polar surface area (TPSA) is 49.3 Å². The number of rotatable bonds is 4. The van der Waals surface area contributed by atoms with E-state index in [9.17, 15) is 4.79 Å². The summed E-state index contributed by atoms with van der Waals surface area (Å²) in [7, 11) is 0. The Kier molecular flexibility index (Phi) is 5.71. The number of thiazole rings is 1. The molecule has 0 unspecified atom stereocenters. The number of nitrogens with zero attached hydrogens (tertiary/aromatic N) is 4. The van der Waals surface area contributed by atoms with Gasteiger partial charge in [-0.05, 0) is 36.8 Å². The van der Waals surface area contributed by atoms with Crippen molar-refractivity contribution in [3.05, 3.63) is 69.8 Å². The van der Waals surface area contributed by atoms with Crippen LogP contribution in [0.3, 0.4) is 0 Å². The van der Waals surface area contributed by atoms with Crippen molar-refractivity contribution in [2.24, 2.45) is 0 Å². The van der Waals surface area contributed by atoms with Crippen molar-refractivity contribution < 1.29 is 4.79 Å². The highest BCUT2D eigenvalue weighted by Gasteiger charge is 2.25. The Balaban J connectivity index is 1.39. The summed E-state index contributed by atoms with van der Waals surface area (Å²) in [6.45, 7) is 5.94. The summed E-state index contributed by atoms with van der Waals surface area (Å²) in [5.41, 5.74) is 2.82. The normalized spacial score (nSPS) is 15.0. The fourth-order valence-electron chi connectivity index (χ4n) is 3.29. The maximum absolute atomic E-state index is 13.0. The highest BCUT2D eigenvalue weighted by Crippen LogP contribution is 2.27. The molecule has 0 saturated carbocycles. The summed E-state index contributed by atoms with van der Waals surface area (Å²) < 4.78 is 0. The largest absolute Gasteiger partial charge is 0.335 e. The second-order valence-corrected chi connectivity index (χ2v) is 8.28. The molecule has 0 aliphatic carbocycles. The molecular weight excluding hydrogens is 392 g/mol. The Morgan fingerprint density at radius 2 is 1.86 bits per heavy atom. The molecule has 1 fully saturated rings. The predicted octanol–water partition coefficient (Wildman–Crippen LogP) is 4.12. The second kappa shape index (κ2) is 8.39. The minimum absolute atomic E-state index is 0.0725. The van der Waals surface area contributed by atoms with E-state index in [0.717, 1.165) is 54.1 Å². The van der Waals surface area contributed by atoms with Gasteiger partial charge >= 0.3 is 0 Å². The van der Waals surface area contributed by atoms with Crippen LogP contribution in [-0.2, 0) is 6.54 Å². The van der Waals surface area contributed by atoms with Gasteiger partial charge in [0, 0.05) is 43.9 Å². The van der Waals surface area contributed by atoms with E-state index in [2.05, 4.69) is 27.0 Å². The molecule has 1 aliphatic rings. The molecule has 144 valence electrons. The zero-order valence-electron chi connectivity index (χ0n) is 15.6.